The molecule has 4 aliphatic heterocycles. The van der Waals surface area contributed by atoms with Gasteiger partial charge in [0.05, 0.1) is 87.3 Å². The molecule has 0 aliphatic carbocycles. The van der Waals surface area contributed by atoms with Gasteiger partial charge in [-0.2, -0.15) is 0 Å². The van der Waals surface area contributed by atoms with Gasteiger partial charge in [0.1, 0.15) is 19.8 Å². The third kappa shape index (κ3) is 14.1. The lowest BCUT2D eigenvalue weighted by molar-refractivity contribution is -0.154. The average molecular weight is 1140 g/mol. The molecule has 0 unspecified atom stereocenters. The summed E-state index contributed by atoms with van der Waals surface area (Å²) in [4.78, 5) is 98.3. The van der Waals surface area contributed by atoms with Crippen molar-refractivity contribution in [2.75, 3.05) is 69.0 Å². The molecular formula is C59H73N7O16. The van der Waals surface area contributed by atoms with Crippen molar-refractivity contribution in [1.82, 2.24) is 20.4 Å². The number of carbonyl (C=O) groups excluding carboxylic acids is 7. The van der Waals surface area contributed by atoms with Gasteiger partial charge in [-0.25, -0.2) is 24.2 Å². The molecule has 23 heteroatoms. The van der Waals surface area contributed by atoms with Crippen LogP contribution in [0, 0.1) is 5.92 Å². The highest BCUT2D eigenvalue weighted by molar-refractivity contribution is 6.35. The number of ether oxygens (including phenoxy) is 7. The lowest BCUT2D eigenvalue weighted by Crippen LogP contribution is -2.50. The molecule has 4 aliphatic rings. The van der Waals surface area contributed by atoms with E-state index >= 15 is 0 Å². The van der Waals surface area contributed by atoms with Gasteiger partial charge in [0.15, 0.2) is 41.2 Å². The number of nitrogens with one attached hydrogen (secondary N) is 3. The Bertz CT molecular complexity index is 2960. The first-order valence-corrected chi connectivity index (χ1v) is 27.0. The molecule has 5 N–H and O–H groups in total. The molecule has 6 atom stereocenters. The van der Waals surface area contributed by atoms with Gasteiger partial charge in [-0.15, -0.1) is 0 Å². The minimum absolute atomic E-state index is 0.0586. The van der Waals surface area contributed by atoms with Gasteiger partial charge in [0, 0.05) is 30.2 Å². The summed E-state index contributed by atoms with van der Waals surface area (Å²) >= 11 is 0. The topological polar surface area (TPSA) is 274 Å². The number of benzene rings is 3. The van der Waals surface area contributed by atoms with Crippen LogP contribution in [0.4, 0.5) is 26.7 Å². The predicted octanol–water partition coefficient (Wildman–Crippen LogP) is 6.33. The van der Waals surface area contributed by atoms with Gasteiger partial charge < -0.3 is 58.5 Å². The Kier molecular flexibility index (Phi) is 20.9. The summed E-state index contributed by atoms with van der Waals surface area (Å²) in [5.41, 5.74) is 3.34. The summed E-state index contributed by atoms with van der Waals surface area (Å²) in [6.45, 7) is 15.9. The van der Waals surface area contributed by atoms with Crippen LogP contribution in [0.3, 0.4) is 0 Å². The van der Waals surface area contributed by atoms with E-state index in [-0.39, 0.29) is 103 Å². The standard InChI is InChI=1S/C59H73N7O16/c1-10-19-80-57(73)52(68)51(34(3)4)60-29-46(67)37(7)61-33-62-39-17-15-38(16-18-39)32-82-59(75)66-43-28-50(48(77-9)26-41(43)54(70)64-31-36(6)24-45(64)56(66)72)79-22-14-12-13-21-78-49-27-42-40(25-47(49)76-8)53(69)63-30-35(5)23-44(63)55(71)65(42)58(74)81-20-11-2/h10-11,15-18,25-28,30-31,34,37,44-45,51,55-56,60-62,71-72H,1-2,12-14,19-24,29,32-33H2,3-9H3/t37-,44-,45-,51-,55-,56-/m0/s1. The van der Waals surface area contributed by atoms with Crippen molar-refractivity contribution in [3.8, 4) is 23.0 Å². The van der Waals surface area contributed by atoms with Gasteiger partial charge in [-0.3, -0.25) is 29.8 Å². The zero-order valence-corrected chi connectivity index (χ0v) is 47.3. The van der Waals surface area contributed by atoms with E-state index in [4.69, 9.17) is 33.2 Å². The van der Waals surface area contributed by atoms with E-state index in [2.05, 4.69) is 29.1 Å². The number of nitrogens with zero attached hydrogens (tertiary/aromatic N) is 4. The van der Waals surface area contributed by atoms with Crippen LogP contribution in [0.5, 0.6) is 23.0 Å². The number of Topliss-reactive ketones (excluding diaryl/α,β-unsaturated/α-hetero) is 2. The molecule has 0 radical (unpaired) electrons. The van der Waals surface area contributed by atoms with Crippen LogP contribution in [0.15, 0.2) is 97.4 Å². The predicted molar refractivity (Wildman–Crippen MR) is 302 cm³/mol. The summed E-state index contributed by atoms with van der Waals surface area (Å²) in [5.74, 6) is -2.25. The molecule has 4 heterocycles. The number of amides is 4. The van der Waals surface area contributed by atoms with E-state index in [0.29, 0.717) is 43.4 Å². The molecule has 0 bridgehead atoms. The van der Waals surface area contributed by atoms with Crippen LogP contribution in [0.25, 0.3) is 0 Å². The number of anilines is 3. The molecule has 0 saturated carbocycles. The monoisotopic (exact) mass is 1140 g/mol. The van der Waals surface area contributed by atoms with Crippen LogP contribution in [-0.4, -0.2) is 152 Å². The van der Waals surface area contributed by atoms with E-state index in [1.54, 1.807) is 57.4 Å². The minimum atomic E-state index is -1.51. The van der Waals surface area contributed by atoms with Crippen molar-refractivity contribution in [2.24, 2.45) is 5.92 Å². The first-order chi connectivity index (χ1) is 39.3. The molecule has 7 rings (SSSR count). The van der Waals surface area contributed by atoms with Crippen molar-refractivity contribution in [3.63, 3.8) is 0 Å². The number of fused-ring (bicyclic) bond motifs is 4. The first kappa shape index (κ1) is 61.4. The zero-order chi connectivity index (χ0) is 59.4. The van der Waals surface area contributed by atoms with E-state index in [9.17, 15) is 43.8 Å². The smallest absolute Gasteiger partial charge is 0.416 e. The quantitative estimate of drug-likeness (QED) is 0.0139. The van der Waals surface area contributed by atoms with Crippen molar-refractivity contribution in [3.05, 3.63) is 114 Å². The Labute approximate surface area is 476 Å². The van der Waals surface area contributed by atoms with Crippen molar-refractivity contribution in [1.29, 1.82) is 0 Å². The summed E-state index contributed by atoms with van der Waals surface area (Å²) in [6.07, 6.45) is 3.66. The highest BCUT2D eigenvalue weighted by Gasteiger charge is 2.47. The molecular weight excluding hydrogens is 1060 g/mol. The second kappa shape index (κ2) is 28.0. The molecule has 82 heavy (non-hydrogen) atoms. The minimum Gasteiger partial charge on any atom is -0.493 e. The Balaban J connectivity index is 0.951. The van der Waals surface area contributed by atoms with E-state index in [1.807, 2.05) is 13.8 Å². The summed E-state index contributed by atoms with van der Waals surface area (Å²) in [6, 6.07) is 9.86. The van der Waals surface area contributed by atoms with Gasteiger partial charge in [0.25, 0.3) is 17.6 Å². The van der Waals surface area contributed by atoms with Gasteiger partial charge in [0.2, 0.25) is 0 Å². The highest BCUT2D eigenvalue weighted by Crippen LogP contribution is 2.44. The lowest BCUT2D eigenvalue weighted by atomic mass is 9.99. The number of hydrogen-bond acceptors (Lipinski definition) is 19. The largest absolute Gasteiger partial charge is 0.493 e. The number of aliphatic hydroxyl groups excluding tert-OH is 2. The van der Waals surface area contributed by atoms with Crippen LogP contribution < -0.4 is 44.7 Å². The van der Waals surface area contributed by atoms with E-state index in [0.717, 1.165) is 20.9 Å². The first-order valence-electron chi connectivity index (χ1n) is 27.0. The number of hydrogen-bond donors (Lipinski definition) is 5. The summed E-state index contributed by atoms with van der Waals surface area (Å²) < 4.78 is 39.7. The Morgan fingerprint density at radius 3 is 1.67 bits per heavy atom. The normalized spacial score (nSPS) is 18.8. The average Bonchev–Trinajstić information content (AvgIpc) is 3.48. The third-order valence-electron chi connectivity index (χ3n) is 14.2. The van der Waals surface area contributed by atoms with Gasteiger partial charge in [-0.05, 0) is 88.6 Å². The molecule has 3 aromatic rings. The number of esters is 1. The van der Waals surface area contributed by atoms with Gasteiger partial charge >= 0.3 is 18.2 Å². The maximum Gasteiger partial charge on any atom is 0.416 e. The third-order valence-corrected chi connectivity index (χ3v) is 14.2. The maximum atomic E-state index is 14.2. The van der Waals surface area contributed by atoms with Crippen LogP contribution in [-0.2, 0) is 35.2 Å². The SMILES string of the molecule is C=CCOC(=O)C(=O)[C@@H](NCC(=O)[C@H](C)NCNc1ccc(COC(=O)N2c3cc(OCCCCCOc4cc5c(cc4OC)C(=O)N4C=C(C)C[C@H]4[C@H](O)N5C(=O)OCC=C)c(OC)cc3C(=O)N3C=C(C)C[C@H]3[C@@H]2O)cc1)C(C)C. The molecule has 440 valence electrons. The highest BCUT2D eigenvalue weighted by atomic mass is 16.6. The second-order valence-electron chi connectivity index (χ2n) is 20.5. The lowest BCUT2D eigenvalue weighted by Gasteiger charge is -2.31. The number of carbonyl (C=O) groups is 7. The van der Waals surface area contributed by atoms with Crippen LogP contribution in [0.2, 0.25) is 0 Å². The number of methoxy groups -OCH3 is 2. The summed E-state index contributed by atoms with van der Waals surface area (Å²) in [5, 5.41) is 32.6. The number of ketones is 2. The Morgan fingerprint density at radius 2 is 1.18 bits per heavy atom. The number of rotatable bonds is 27. The molecule has 23 nitrogen and oxygen atoms in total. The van der Waals surface area contributed by atoms with E-state index < -0.39 is 72.4 Å². The van der Waals surface area contributed by atoms with Crippen LogP contribution in [0.1, 0.15) is 93.0 Å². The number of unbranched alkanes of at least 4 members (excludes halogenated alkanes) is 2. The fraction of sp³-hybridized carbons (Fsp3) is 0.441. The second-order valence-corrected chi connectivity index (χ2v) is 20.5. The molecule has 0 spiro atoms. The molecule has 4 amide bonds. The van der Waals surface area contributed by atoms with Crippen LogP contribution >= 0.6 is 0 Å². The number of aliphatic hydroxyl groups is 2. The summed E-state index contributed by atoms with van der Waals surface area (Å²) in [7, 11) is 2.86. The van der Waals surface area contributed by atoms with Crippen molar-refractivity contribution >= 4 is 58.6 Å². The fourth-order valence-corrected chi connectivity index (χ4v) is 9.87. The maximum absolute atomic E-state index is 14.2. The van der Waals surface area contributed by atoms with Gasteiger partial charge in [-0.1, -0.05) is 62.4 Å². The van der Waals surface area contributed by atoms with Crippen molar-refractivity contribution in [2.45, 2.75) is 110 Å². The van der Waals surface area contributed by atoms with E-state index in [1.165, 1.54) is 60.4 Å². The molecule has 3 aromatic carbocycles. The fourth-order valence-electron chi connectivity index (χ4n) is 9.87. The molecule has 0 aromatic heterocycles. The Hall–Kier alpha value is -8.25. The molecule has 0 fully saturated rings. The molecule has 0 saturated heterocycles. The Morgan fingerprint density at radius 1 is 0.683 bits per heavy atom. The zero-order valence-electron chi connectivity index (χ0n) is 47.3. The van der Waals surface area contributed by atoms with Crippen molar-refractivity contribution < 1.29 is 76.9 Å².